The van der Waals surface area contributed by atoms with Crippen LogP contribution >= 0.6 is 23.2 Å². The van der Waals surface area contributed by atoms with Crippen molar-refractivity contribution in [1.82, 2.24) is 14.7 Å². The fourth-order valence-corrected chi connectivity index (χ4v) is 3.38. The van der Waals surface area contributed by atoms with E-state index >= 15 is 0 Å². The van der Waals surface area contributed by atoms with Crippen LogP contribution in [0.4, 0.5) is 11.4 Å². The number of rotatable bonds is 5. The summed E-state index contributed by atoms with van der Waals surface area (Å²) in [5, 5.41) is 8.47. The van der Waals surface area contributed by atoms with Crippen molar-refractivity contribution in [3.8, 4) is 0 Å². The molecular weight excluding hydrogens is 361 g/mol. The number of hydrogen-bond acceptors (Lipinski definition) is 5. The summed E-state index contributed by atoms with van der Waals surface area (Å²) in [5.41, 5.74) is 1.43. The summed E-state index contributed by atoms with van der Waals surface area (Å²) in [5.74, 6) is 0. The van der Waals surface area contributed by atoms with Crippen LogP contribution < -0.4 is 15.8 Å². The summed E-state index contributed by atoms with van der Waals surface area (Å²) in [6, 6.07) is 7.72. The molecule has 1 N–H and O–H groups in total. The number of anilines is 2. The average Bonchev–Trinajstić information content (AvgIpc) is 2.60. The summed E-state index contributed by atoms with van der Waals surface area (Å²) >= 11 is 12.2. The van der Waals surface area contributed by atoms with Crippen LogP contribution in [0.5, 0.6) is 0 Å². The van der Waals surface area contributed by atoms with Crippen molar-refractivity contribution < 1.29 is 0 Å². The quantitative estimate of drug-likeness (QED) is 0.860. The van der Waals surface area contributed by atoms with E-state index in [0.717, 1.165) is 50.0 Å². The summed E-state index contributed by atoms with van der Waals surface area (Å²) in [6.07, 6.45) is 1.53. The summed E-state index contributed by atoms with van der Waals surface area (Å²) in [6.45, 7) is 5.10. The van der Waals surface area contributed by atoms with E-state index in [1.54, 1.807) is 7.05 Å². The smallest absolute Gasteiger partial charge is 0.291 e. The number of hydrogen-bond donors (Lipinski definition) is 1. The molecule has 1 aliphatic rings. The van der Waals surface area contributed by atoms with Gasteiger partial charge in [-0.1, -0.05) is 29.3 Å². The van der Waals surface area contributed by atoms with Crippen molar-refractivity contribution >= 4 is 34.6 Å². The van der Waals surface area contributed by atoms with E-state index in [-0.39, 0.29) is 5.56 Å². The zero-order valence-electron chi connectivity index (χ0n) is 14.1. The molecule has 0 radical (unpaired) electrons. The lowest BCUT2D eigenvalue weighted by atomic mass is 10.2. The number of benzene rings is 1. The van der Waals surface area contributed by atoms with Gasteiger partial charge in [-0.3, -0.25) is 9.69 Å². The van der Waals surface area contributed by atoms with E-state index in [1.165, 1.54) is 10.9 Å². The van der Waals surface area contributed by atoms with Gasteiger partial charge in [0.05, 0.1) is 11.2 Å². The van der Waals surface area contributed by atoms with E-state index in [1.807, 2.05) is 29.2 Å². The van der Waals surface area contributed by atoms with Crippen LogP contribution in [-0.2, 0) is 7.05 Å². The molecule has 0 bridgehead atoms. The number of halogens is 2. The first-order chi connectivity index (χ1) is 12.0. The normalized spacial score (nSPS) is 15.4. The Hall–Kier alpha value is -1.76. The standard InChI is InChI=1S/C17H21Cl2N5O/c1-22-17(25)16(15(19)12-21-22)24-9-7-23(8-10-24)6-5-20-14-4-2-3-13(18)11-14/h2-4,11-12,20H,5-10H2,1H3. The molecular formula is C17H21Cl2N5O. The molecule has 2 heterocycles. The van der Waals surface area contributed by atoms with Gasteiger partial charge in [0.2, 0.25) is 0 Å². The fourth-order valence-electron chi connectivity index (χ4n) is 2.94. The van der Waals surface area contributed by atoms with E-state index in [2.05, 4.69) is 15.3 Å². The summed E-state index contributed by atoms with van der Waals surface area (Å²) in [4.78, 5) is 16.7. The molecule has 0 unspecified atom stereocenters. The summed E-state index contributed by atoms with van der Waals surface area (Å²) < 4.78 is 1.32. The van der Waals surface area contributed by atoms with Crippen LogP contribution in [0.1, 0.15) is 0 Å². The molecule has 0 atom stereocenters. The Kier molecular flexibility index (Phi) is 5.83. The molecule has 134 valence electrons. The number of aromatic nitrogens is 2. The maximum Gasteiger partial charge on any atom is 0.291 e. The first-order valence-corrected chi connectivity index (χ1v) is 8.99. The minimum atomic E-state index is -0.149. The van der Waals surface area contributed by atoms with Crippen molar-refractivity contribution in [2.24, 2.45) is 7.05 Å². The molecule has 8 heteroatoms. The van der Waals surface area contributed by atoms with Gasteiger partial charge >= 0.3 is 0 Å². The molecule has 3 rings (SSSR count). The van der Waals surface area contributed by atoms with E-state index in [9.17, 15) is 4.79 Å². The molecule has 1 aromatic heterocycles. The second kappa shape index (κ2) is 8.08. The highest BCUT2D eigenvalue weighted by Gasteiger charge is 2.21. The Bertz CT molecular complexity index is 787. The van der Waals surface area contributed by atoms with Gasteiger partial charge in [0.25, 0.3) is 5.56 Å². The van der Waals surface area contributed by atoms with Crippen molar-refractivity contribution in [3.05, 3.63) is 50.9 Å². The largest absolute Gasteiger partial charge is 0.384 e. The first-order valence-electron chi connectivity index (χ1n) is 8.23. The molecule has 0 spiro atoms. The lowest BCUT2D eigenvalue weighted by Crippen LogP contribution is -2.49. The third kappa shape index (κ3) is 4.45. The maximum atomic E-state index is 12.3. The van der Waals surface area contributed by atoms with Crippen LogP contribution in [0.25, 0.3) is 0 Å². The molecule has 2 aromatic rings. The van der Waals surface area contributed by atoms with E-state index in [4.69, 9.17) is 23.2 Å². The third-order valence-corrected chi connectivity index (χ3v) is 4.85. The van der Waals surface area contributed by atoms with E-state index in [0.29, 0.717) is 10.7 Å². The molecule has 0 amide bonds. The molecule has 25 heavy (non-hydrogen) atoms. The SMILES string of the molecule is Cn1ncc(Cl)c(N2CCN(CCNc3cccc(Cl)c3)CC2)c1=O. The Morgan fingerprint density at radius 2 is 1.96 bits per heavy atom. The molecule has 1 saturated heterocycles. The zero-order valence-corrected chi connectivity index (χ0v) is 15.6. The molecule has 6 nitrogen and oxygen atoms in total. The van der Waals surface area contributed by atoms with E-state index < -0.39 is 0 Å². The highest BCUT2D eigenvalue weighted by Crippen LogP contribution is 2.21. The van der Waals surface area contributed by atoms with Crippen molar-refractivity contribution in [3.63, 3.8) is 0 Å². The highest BCUT2D eigenvalue weighted by atomic mass is 35.5. The highest BCUT2D eigenvalue weighted by molar-refractivity contribution is 6.33. The summed E-state index contributed by atoms with van der Waals surface area (Å²) in [7, 11) is 1.64. The van der Waals surface area contributed by atoms with Crippen LogP contribution in [0, 0.1) is 0 Å². The predicted molar refractivity (Wildman–Crippen MR) is 103 cm³/mol. The van der Waals surface area contributed by atoms with Gasteiger partial charge < -0.3 is 10.2 Å². The van der Waals surface area contributed by atoms with Crippen LogP contribution in [0.15, 0.2) is 35.3 Å². The number of nitrogens with one attached hydrogen (secondary N) is 1. The second-order valence-electron chi connectivity index (χ2n) is 6.04. The Balaban J connectivity index is 1.51. The fraction of sp³-hybridized carbons (Fsp3) is 0.412. The Morgan fingerprint density at radius 3 is 2.68 bits per heavy atom. The zero-order chi connectivity index (χ0) is 17.8. The van der Waals surface area contributed by atoms with Gasteiger partial charge in [0, 0.05) is 57.0 Å². The van der Waals surface area contributed by atoms with Gasteiger partial charge in [-0.15, -0.1) is 0 Å². The van der Waals surface area contributed by atoms with Crippen LogP contribution in [-0.4, -0.2) is 53.9 Å². The van der Waals surface area contributed by atoms with Gasteiger partial charge in [-0.05, 0) is 18.2 Å². The molecule has 0 aliphatic carbocycles. The topological polar surface area (TPSA) is 53.4 Å². The number of piperazine rings is 1. The van der Waals surface area contributed by atoms with Crippen LogP contribution in [0.2, 0.25) is 10.0 Å². The first kappa shape index (κ1) is 18.0. The van der Waals surface area contributed by atoms with Crippen molar-refractivity contribution in [2.45, 2.75) is 0 Å². The van der Waals surface area contributed by atoms with Crippen molar-refractivity contribution in [2.75, 3.05) is 49.5 Å². The number of nitrogens with zero attached hydrogens (tertiary/aromatic N) is 4. The predicted octanol–water partition coefficient (Wildman–Crippen LogP) is 2.32. The minimum Gasteiger partial charge on any atom is -0.384 e. The molecule has 1 fully saturated rings. The lowest BCUT2D eigenvalue weighted by Gasteiger charge is -2.36. The maximum absolute atomic E-state index is 12.3. The van der Waals surface area contributed by atoms with Gasteiger partial charge in [0.15, 0.2) is 0 Å². The van der Waals surface area contributed by atoms with Gasteiger partial charge in [-0.25, -0.2) is 4.68 Å². The van der Waals surface area contributed by atoms with Gasteiger partial charge in [0.1, 0.15) is 5.69 Å². The molecule has 1 aromatic carbocycles. The Labute approximate surface area is 156 Å². The lowest BCUT2D eigenvalue weighted by molar-refractivity contribution is 0.267. The molecule has 1 aliphatic heterocycles. The van der Waals surface area contributed by atoms with Gasteiger partial charge in [-0.2, -0.15) is 5.10 Å². The third-order valence-electron chi connectivity index (χ3n) is 4.34. The second-order valence-corrected chi connectivity index (χ2v) is 6.88. The monoisotopic (exact) mass is 381 g/mol. The van der Waals surface area contributed by atoms with Crippen molar-refractivity contribution in [1.29, 1.82) is 0 Å². The Morgan fingerprint density at radius 1 is 1.20 bits per heavy atom. The minimum absolute atomic E-state index is 0.149. The molecule has 0 saturated carbocycles. The average molecular weight is 382 g/mol. The van der Waals surface area contributed by atoms with Crippen LogP contribution in [0.3, 0.4) is 0 Å². The number of aryl methyl sites for hydroxylation is 1.